The average Bonchev–Trinajstić information content (AvgIpc) is 2.52. The van der Waals surface area contributed by atoms with Crippen molar-refractivity contribution >= 4 is 22.6 Å². The second-order valence-corrected chi connectivity index (χ2v) is 7.18. The average molecular weight is 328 g/mol. The number of pyridine rings is 1. The van der Waals surface area contributed by atoms with Gasteiger partial charge in [0.1, 0.15) is 5.60 Å². The molecule has 1 unspecified atom stereocenters. The minimum Gasteiger partial charge on any atom is -0.456 e. The van der Waals surface area contributed by atoms with E-state index in [1.807, 2.05) is 32.9 Å². The molecular formula is C19H24N2O3. The lowest BCUT2D eigenvalue weighted by Gasteiger charge is -2.35. The molecule has 0 aliphatic carbocycles. The number of hydrogen-bond donors (Lipinski definition) is 0. The summed E-state index contributed by atoms with van der Waals surface area (Å²) in [4.78, 5) is 19.2. The van der Waals surface area contributed by atoms with Gasteiger partial charge in [-0.3, -0.25) is 4.98 Å². The number of nitrogens with zero attached hydrogens (tertiary/aromatic N) is 2. The molecule has 5 nitrogen and oxygen atoms in total. The fraction of sp³-hybridized carbons (Fsp3) is 0.474. The Kier molecular flexibility index (Phi) is 4.45. The second-order valence-electron chi connectivity index (χ2n) is 7.18. The van der Waals surface area contributed by atoms with Crippen molar-refractivity contribution < 1.29 is 14.3 Å². The van der Waals surface area contributed by atoms with E-state index in [4.69, 9.17) is 9.47 Å². The first-order valence-corrected chi connectivity index (χ1v) is 8.32. The normalized spacial score (nSPS) is 18.7. The standard InChI is InChI=1S/C19H24N2O3/c1-13-12-23-10-9-21(13)14-5-6-17-16(11-14)15(7-8-20-17)18(22)24-19(2,3)4/h5-8,11,13H,9-10,12H2,1-4H3. The molecule has 0 bridgehead atoms. The van der Waals surface area contributed by atoms with E-state index in [0.29, 0.717) is 24.8 Å². The summed E-state index contributed by atoms with van der Waals surface area (Å²) >= 11 is 0. The molecule has 2 aromatic rings. The predicted molar refractivity (Wildman–Crippen MR) is 94.5 cm³/mol. The third-order valence-electron chi connectivity index (χ3n) is 4.04. The number of ether oxygens (including phenoxy) is 2. The van der Waals surface area contributed by atoms with Gasteiger partial charge in [0.05, 0.1) is 24.3 Å². The number of esters is 1. The van der Waals surface area contributed by atoms with Gasteiger partial charge in [-0.05, 0) is 52.0 Å². The molecule has 128 valence electrons. The van der Waals surface area contributed by atoms with Crippen molar-refractivity contribution in [3.05, 3.63) is 36.0 Å². The largest absolute Gasteiger partial charge is 0.456 e. The number of carbonyl (C=O) groups excluding carboxylic acids is 1. The Labute approximate surface area is 142 Å². The maximum Gasteiger partial charge on any atom is 0.339 e. The van der Waals surface area contributed by atoms with Crippen LogP contribution in [0.1, 0.15) is 38.1 Å². The van der Waals surface area contributed by atoms with Crippen molar-refractivity contribution in [2.24, 2.45) is 0 Å². The third-order valence-corrected chi connectivity index (χ3v) is 4.04. The number of morpholine rings is 1. The van der Waals surface area contributed by atoms with Gasteiger partial charge in [0, 0.05) is 29.9 Å². The number of rotatable bonds is 2. The lowest BCUT2D eigenvalue weighted by Crippen LogP contribution is -2.43. The van der Waals surface area contributed by atoms with Gasteiger partial charge < -0.3 is 14.4 Å². The van der Waals surface area contributed by atoms with Gasteiger partial charge in [-0.1, -0.05) is 0 Å². The molecule has 1 aromatic heterocycles. The topological polar surface area (TPSA) is 51.7 Å². The molecule has 24 heavy (non-hydrogen) atoms. The molecule has 0 spiro atoms. The molecule has 0 N–H and O–H groups in total. The predicted octanol–water partition coefficient (Wildman–Crippen LogP) is 3.42. The molecule has 1 atom stereocenters. The van der Waals surface area contributed by atoms with Gasteiger partial charge in [-0.25, -0.2) is 4.79 Å². The highest BCUT2D eigenvalue weighted by molar-refractivity contribution is 6.04. The Morgan fingerprint density at radius 3 is 2.83 bits per heavy atom. The van der Waals surface area contributed by atoms with Crippen molar-refractivity contribution in [3.8, 4) is 0 Å². The molecular weight excluding hydrogens is 304 g/mol. The zero-order valence-electron chi connectivity index (χ0n) is 14.7. The van der Waals surface area contributed by atoms with E-state index < -0.39 is 5.60 Å². The van der Waals surface area contributed by atoms with Crippen LogP contribution >= 0.6 is 0 Å². The monoisotopic (exact) mass is 328 g/mol. The lowest BCUT2D eigenvalue weighted by molar-refractivity contribution is 0.00718. The number of carbonyl (C=O) groups is 1. The van der Waals surface area contributed by atoms with Crippen LogP contribution < -0.4 is 4.90 Å². The Balaban J connectivity index is 2.01. The zero-order valence-corrected chi connectivity index (χ0v) is 14.7. The molecule has 2 heterocycles. The van der Waals surface area contributed by atoms with Crippen LogP contribution in [0.2, 0.25) is 0 Å². The first kappa shape index (κ1) is 16.7. The van der Waals surface area contributed by atoms with Gasteiger partial charge >= 0.3 is 5.97 Å². The van der Waals surface area contributed by atoms with Crippen molar-refractivity contribution in [1.82, 2.24) is 4.98 Å². The van der Waals surface area contributed by atoms with Gasteiger partial charge in [-0.15, -0.1) is 0 Å². The van der Waals surface area contributed by atoms with Crippen LogP contribution in [0.5, 0.6) is 0 Å². The highest BCUT2D eigenvalue weighted by Crippen LogP contribution is 2.27. The number of aromatic nitrogens is 1. The van der Waals surface area contributed by atoms with Crippen LogP contribution in [0, 0.1) is 0 Å². The lowest BCUT2D eigenvalue weighted by atomic mass is 10.1. The summed E-state index contributed by atoms with van der Waals surface area (Å²) < 4.78 is 11.0. The maximum absolute atomic E-state index is 12.5. The van der Waals surface area contributed by atoms with E-state index in [9.17, 15) is 4.79 Å². The molecule has 0 amide bonds. The van der Waals surface area contributed by atoms with Crippen LogP contribution in [-0.4, -0.2) is 42.4 Å². The molecule has 1 aromatic carbocycles. The highest BCUT2D eigenvalue weighted by Gasteiger charge is 2.22. The second kappa shape index (κ2) is 6.40. The van der Waals surface area contributed by atoms with Crippen LogP contribution in [-0.2, 0) is 9.47 Å². The summed E-state index contributed by atoms with van der Waals surface area (Å²) in [5, 5.41) is 0.822. The van der Waals surface area contributed by atoms with Gasteiger partial charge in [0.25, 0.3) is 0 Å². The molecule has 0 saturated carbocycles. The summed E-state index contributed by atoms with van der Waals surface area (Å²) in [6.07, 6.45) is 1.65. The SMILES string of the molecule is CC1COCCN1c1ccc2nccc(C(=O)OC(C)(C)C)c2c1. The van der Waals surface area contributed by atoms with Gasteiger partial charge in [0.15, 0.2) is 0 Å². The smallest absolute Gasteiger partial charge is 0.339 e. The summed E-state index contributed by atoms with van der Waals surface area (Å²) in [6.45, 7) is 10.0. The van der Waals surface area contributed by atoms with Crippen molar-refractivity contribution in [2.75, 3.05) is 24.7 Å². The Hall–Kier alpha value is -2.14. The van der Waals surface area contributed by atoms with E-state index >= 15 is 0 Å². The molecule has 5 heteroatoms. The first-order chi connectivity index (χ1) is 11.3. The van der Waals surface area contributed by atoms with E-state index in [2.05, 4.69) is 22.9 Å². The molecule has 1 aliphatic rings. The summed E-state index contributed by atoms with van der Waals surface area (Å²) in [7, 11) is 0. The summed E-state index contributed by atoms with van der Waals surface area (Å²) in [5.41, 5.74) is 1.90. The van der Waals surface area contributed by atoms with E-state index in [-0.39, 0.29) is 5.97 Å². The van der Waals surface area contributed by atoms with Crippen molar-refractivity contribution in [1.29, 1.82) is 0 Å². The number of hydrogen-bond acceptors (Lipinski definition) is 5. The van der Waals surface area contributed by atoms with E-state index in [1.165, 1.54) is 0 Å². The zero-order chi connectivity index (χ0) is 17.3. The number of fused-ring (bicyclic) bond motifs is 1. The van der Waals surface area contributed by atoms with Crippen LogP contribution in [0.15, 0.2) is 30.5 Å². The molecule has 1 saturated heterocycles. The first-order valence-electron chi connectivity index (χ1n) is 8.32. The maximum atomic E-state index is 12.5. The Bertz CT molecular complexity index is 752. The van der Waals surface area contributed by atoms with E-state index in [0.717, 1.165) is 23.1 Å². The van der Waals surface area contributed by atoms with Gasteiger partial charge in [0.2, 0.25) is 0 Å². The van der Waals surface area contributed by atoms with E-state index in [1.54, 1.807) is 12.3 Å². The van der Waals surface area contributed by atoms with Gasteiger partial charge in [-0.2, -0.15) is 0 Å². The summed E-state index contributed by atoms with van der Waals surface area (Å²) in [6, 6.07) is 8.07. The van der Waals surface area contributed by atoms with Crippen LogP contribution in [0.25, 0.3) is 10.9 Å². The summed E-state index contributed by atoms with van der Waals surface area (Å²) in [5.74, 6) is -0.318. The minimum absolute atomic E-state index is 0.304. The molecule has 0 radical (unpaired) electrons. The van der Waals surface area contributed by atoms with Crippen LogP contribution in [0.4, 0.5) is 5.69 Å². The molecule has 1 fully saturated rings. The Morgan fingerprint density at radius 2 is 2.12 bits per heavy atom. The quantitative estimate of drug-likeness (QED) is 0.791. The number of benzene rings is 1. The number of anilines is 1. The van der Waals surface area contributed by atoms with Crippen molar-refractivity contribution in [2.45, 2.75) is 39.3 Å². The Morgan fingerprint density at radius 1 is 1.33 bits per heavy atom. The molecule has 1 aliphatic heterocycles. The molecule has 3 rings (SSSR count). The van der Waals surface area contributed by atoms with Crippen LogP contribution in [0.3, 0.4) is 0 Å². The highest BCUT2D eigenvalue weighted by atomic mass is 16.6. The minimum atomic E-state index is -0.525. The van der Waals surface area contributed by atoms with Crippen molar-refractivity contribution in [3.63, 3.8) is 0 Å². The third kappa shape index (κ3) is 3.51. The fourth-order valence-corrected chi connectivity index (χ4v) is 2.93. The fourth-order valence-electron chi connectivity index (χ4n) is 2.93.